The van der Waals surface area contributed by atoms with Crippen molar-refractivity contribution in [1.82, 2.24) is 10.3 Å². The Bertz CT molecular complexity index is 526. The Labute approximate surface area is 139 Å². The molecule has 1 aromatic rings. The van der Waals surface area contributed by atoms with Crippen LogP contribution in [0.25, 0.3) is 0 Å². The zero-order valence-corrected chi connectivity index (χ0v) is 14.6. The van der Waals surface area contributed by atoms with Crippen LogP contribution < -0.4 is 5.32 Å². The van der Waals surface area contributed by atoms with E-state index < -0.39 is 11.4 Å². The third kappa shape index (κ3) is 4.11. The van der Waals surface area contributed by atoms with Crippen LogP contribution in [0, 0.1) is 12.3 Å². The van der Waals surface area contributed by atoms with Crippen LogP contribution >= 0.6 is 0 Å². The van der Waals surface area contributed by atoms with E-state index in [9.17, 15) is 9.90 Å². The molecular weight excluding hydrogens is 288 g/mol. The zero-order chi connectivity index (χ0) is 16.9. The number of carboxylic acids is 1. The summed E-state index contributed by atoms with van der Waals surface area (Å²) >= 11 is 0. The van der Waals surface area contributed by atoms with E-state index >= 15 is 0 Å². The van der Waals surface area contributed by atoms with Gasteiger partial charge in [0.2, 0.25) is 0 Å². The lowest BCUT2D eigenvalue weighted by Gasteiger charge is -2.34. The fourth-order valence-electron chi connectivity index (χ4n) is 3.77. The normalized spacial score (nSPS) is 22.0. The van der Waals surface area contributed by atoms with Crippen molar-refractivity contribution in [2.75, 3.05) is 6.54 Å². The summed E-state index contributed by atoms with van der Waals surface area (Å²) in [5.74, 6) is -0.187. The Kier molecular flexibility index (Phi) is 6.17. The number of carbonyl (C=O) groups is 1. The molecule has 128 valence electrons. The molecule has 1 aliphatic rings. The van der Waals surface area contributed by atoms with Gasteiger partial charge in [-0.1, -0.05) is 26.3 Å². The van der Waals surface area contributed by atoms with Gasteiger partial charge in [-0.2, -0.15) is 0 Å². The van der Waals surface area contributed by atoms with Crippen molar-refractivity contribution in [2.24, 2.45) is 5.41 Å². The van der Waals surface area contributed by atoms with E-state index in [0.717, 1.165) is 12.8 Å². The summed E-state index contributed by atoms with van der Waals surface area (Å²) in [5.41, 5.74) is 1.85. The molecule has 1 fully saturated rings. The number of pyridine rings is 1. The maximum absolute atomic E-state index is 11.6. The summed E-state index contributed by atoms with van der Waals surface area (Å²) in [6, 6.07) is 4.51. The number of aryl methyl sites for hydroxylation is 1. The fraction of sp³-hybridized carbons (Fsp3) is 0.684. The van der Waals surface area contributed by atoms with E-state index in [1.165, 1.54) is 24.1 Å². The first-order valence-electron chi connectivity index (χ1n) is 8.90. The first kappa shape index (κ1) is 17.9. The van der Waals surface area contributed by atoms with Crippen LogP contribution in [-0.4, -0.2) is 28.6 Å². The third-order valence-corrected chi connectivity index (χ3v) is 5.65. The van der Waals surface area contributed by atoms with Gasteiger partial charge in [0.15, 0.2) is 0 Å². The van der Waals surface area contributed by atoms with Crippen LogP contribution in [-0.2, 0) is 4.79 Å². The Morgan fingerprint density at radius 3 is 2.74 bits per heavy atom. The molecule has 2 N–H and O–H groups in total. The molecule has 23 heavy (non-hydrogen) atoms. The van der Waals surface area contributed by atoms with E-state index in [2.05, 4.69) is 23.3 Å². The van der Waals surface area contributed by atoms with E-state index in [4.69, 9.17) is 0 Å². The maximum Gasteiger partial charge on any atom is 0.310 e. The number of aliphatic carboxylic acids is 1. The SMILES string of the molecule is CCC(CC)(CNC1CCCC(c2ncccc2C)C1)C(=O)O. The van der Waals surface area contributed by atoms with Gasteiger partial charge in [-0.15, -0.1) is 0 Å². The van der Waals surface area contributed by atoms with Crippen molar-refractivity contribution in [1.29, 1.82) is 0 Å². The van der Waals surface area contributed by atoms with Crippen molar-refractivity contribution in [3.63, 3.8) is 0 Å². The van der Waals surface area contributed by atoms with Crippen LogP contribution in [0.1, 0.15) is 69.5 Å². The predicted molar refractivity (Wildman–Crippen MR) is 92.6 cm³/mol. The third-order valence-electron chi connectivity index (χ3n) is 5.65. The van der Waals surface area contributed by atoms with Crippen LogP contribution in [0.4, 0.5) is 0 Å². The molecule has 0 amide bonds. The molecular formula is C19H30N2O2. The smallest absolute Gasteiger partial charge is 0.310 e. The standard InChI is InChI=1S/C19H30N2O2/c1-4-19(5-2,18(22)23)13-21-16-10-6-9-15(12-16)17-14(3)8-7-11-20-17/h7-8,11,15-16,21H,4-6,9-10,12-13H2,1-3H3,(H,22,23). The minimum absolute atomic E-state index is 0.395. The average molecular weight is 318 g/mol. The second-order valence-electron chi connectivity index (χ2n) is 6.94. The lowest BCUT2D eigenvalue weighted by molar-refractivity contribution is -0.149. The van der Waals surface area contributed by atoms with Crippen LogP contribution in [0.2, 0.25) is 0 Å². The van der Waals surface area contributed by atoms with Gasteiger partial charge < -0.3 is 10.4 Å². The fourth-order valence-corrected chi connectivity index (χ4v) is 3.77. The summed E-state index contributed by atoms with van der Waals surface area (Å²) in [5, 5.41) is 13.1. The quantitative estimate of drug-likeness (QED) is 0.800. The Morgan fingerprint density at radius 2 is 2.13 bits per heavy atom. The number of carboxylic acid groups (broad SMARTS) is 1. The molecule has 1 saturated carbocycles. The Hall–Kier alpha value is -1.42. The monoisotopic (exact) mass is 318 g/mol. The van der Waals surface area contributed by atoms with E-state index in [1.54, 1.807) is 0 Å². The second-order valence-corrected chi connectivity index (χ2v) is 6.94. The van der Waals surface area contributed by atoms with Crippen molar-refractivity contribution in [3.8, 4) is 0 Å². The van der Waals surface area contributed by atoms with Gasteiger partial charge in [0.05, 0.1) is 5.41 Å². The summed E-state index contributed by atoms with van der Waals surface area (Å²) in [6.45, 7) is 6.64. The van der Waals surface area contributed by atoms with Crippen molar-refractivity contribution >= 4 is 5.97 Å². The topological polar surface area (TPSA) is 62.2 Å². The van der Waals surface area contributed by atoms with E-state index in [0.29, 0.717) is 31.3 Å². The van der Waals surface area contributed by atoms with Crippen LogP contribution in [0.3, 0.4) is 0 Å². The van der Waals surface area contributed by atoms with Gasteiger partial charge in [-0.25, -0.2) is 0 Å². The van der Waals surface area contributed by atoms with E-state index in [1.807, 2.05) is 26.1 Å². The van der Waals surface area contributed by atoms with Gasteiger partial charge in [0.1, 0.15) is 0 Å². The van der Waals surface area contributed by atoms with Gasteiger partial charge in [-0.05, 0) is 50.7 Å². The summed E-state index contributed by atoms with van der Waals surface area (Å²) in [6.07, 6.45) is 7.76. The highest BCUT2D eigenvalue weighted by Crippen LogP contribution is 2.34. The second kappa shape index (κ2) is 7.91. The predicted octanol–water partition coefficient (Wildman–Crippen LogP) is 3.90. The molecule has 0 saturated heterocycles. The highest BCUT2D eigenvalue weighted by molar-refractivity contribution is 5.74. The van der Waals surface area contributed by atoms with Crippen molar-refractivity contribution in [3.05, 3.63) is 29.6 Å². The molecule has 0 spiro atoms. The molecule has 1 aliphatic carbocycles. The maximum atomic E-state index is 11.6. The number of nitrogens with zero attached hydrogens (tertiary/aromatic N) is 1. The number of nitrogens with one attached hydrogen (secondary N) is 1. The number of hydrogen-bond acceptors (Lipinski definition) is 3. The van der Waals surface area contributed by atoms with E-state index in [-0.39, 0.29) is 0 Å². The molecule has 2 atom stereocenters. The molecule has 0 aliphatic heterocycles. The minimum Gasteiger partial charge on any atom is -0.481 e. The van der Waals surface area contributed by atoms with Gasteiger partial charge in [-0.3, -0.25) is 9.78 Å². The lowest BCUT2D eigenvalue weighted by Crippen LogP contribution is -2.45. The van der Waals surface area contributed by atoms with Gasteiger partial charge in [0.25, 0.3) is 0 Å². The van der Waals surface area contributed by atoms with Crippen molar-refractivity contribution < 1.29 is 9.90 Å². The number of rotatable bonds is 7. The number of aromatic nitrogens is 1. The van der Waals surface area contributed by atoms with Gasteiger partial charge in [0, 0.05) is 30.4 Å². The molecule has 0 aromatic carbocycles. The molecule has 4 nitrogen and oxygen atoms in total. The zero-order valence-electron chi connectivity index (χ0n) is 14.6. The van der Waals surface area contributed by atoms with Gasteiger partial charge >= 0.3 is 5.97 Å². The van der Waals surface area contributed by atoms with Crippen molar-refractivity contribution in [2.45, 2.75) is 71.3 Å². The van der Waals surface area contributed by atoms with Crippen LogP contribution in [0.15, 0.2) is 18.3 Å². The molecule has 2 rings (SSSR count). The lowest BCUT2D eigenvalue weighted by atomic mass is 9.79. The molecule has 1 aromatic heterocycles. The Morgan fingerprint density at radius 1 is 1.39 bits per heavy atom. The summed E-state index contributed by atoms with van der Waals surface area (Å²) < 4.78 is 0. The molecule has 0 radical (unpaired) electrons. The highest BCUT2D eigenvalue weighted by atomic mass is 16.4. The summed E-state index contributed by atoms with van der Waals surface area (Å²) in [4.78, 5) is 16.2. The summed E-state index contributed by atoms with van der Waals surface area (Å²) in [7, 11) is 0. The first-order chi connectivity index (χ1) is 11.0. The van der Waals surface area contributed by atoms with Crippen LogP contribution in [0.5, 0.6) is 0 Å². The molecule has 0 bridgehead atoms. The highest BCUT2D eigenvalue weighted by Gasteiger charge is 2.36. The number of hydrogen-bond donors (Lipinski definition) is 2. The largest absolute Gasteiger partial charge is 0.481 e. The minimum atomic E-state index is -0.678. The molecule has 2 unspecified atom stereocenters. The first-order valence-corrected chi connectivity index (χ1v) is 8.90. The average Bonchev–Trinajstić information content (AvgIpc) is 2.57. The molecule has 4 heteroatoms. The molecule has 1 heterocycles. The Balaban J connectivity index is 1.99.